The van der Waals surface area contributed by atoms with E-state index in [0.29, 0.717) is 5.02 Å². The third-order valence-electron chi connectivity index (χ3n) is 2.91. The molecule has 0 radical (unpaired) electrons. The topological polar surface area (TPSA) is 24.9 Å². The van der Waals surface area contributed by atoms with Crippen LogP contribution in [0, 0.1) is 12.7 Å². The lowest BCUT2D eigenvalue weighted by Crippen LogP contribution is -2.22. The van der Waals surface area contributed by atoms with Crippen molar-refractivity contribution in [3.63, 3.8) is 0 Å². The van der Waals surface area contributed by atoms with Crippen LogP contribution < -0.4 is 5.32 Å². The zero-order valence-electron chi connectivity index (χ0n) is 11.0. The molecule has 2 rings (SSSR count). The summed E-state index contributed by atoms with van der Waals surface area (Å²) >= 11 is 6.19. The molecule has 1 atom stereocenters. The summed E-state index contributed by atoms with van der Waals surface area (Å²) < 4.78 is 13.4. The first kappa shape index (κ1) is 14.0. The summed E-state index contributed by atoms with van der Waals surface area (Å²) in [7, 11) is 0. The minimum atomic E-state index is -0.289. The van der Waals surface area contributed by atoms with E-state index in [1.807, 2.05) is 19.9 Å². The van der Waals surface area contributed by atoms with Gasteiger partial charge in [0, 0.05) is 17.4 Å². The molecule has 0 saturated heterocycles. The highest BCUT2D eigenvalue weighted by Crippen LogP contribution is 2.29. The monoisotopic (exact) mass is 278 g/mol. The van der Waals surface area contributed by atoms with Crippen LogP contribution in [0.1, 0.15) is 29.7 Å². The Hall–Kier alpha value is -1.45. The van der Waals surface area contributed by atoms with Gasteiger partial charge in [0.05, 0.1) is 6.04 Å². The van der Waals surface area contributed by atoms with Crippen LogP contribution in [-0.2, 0) is 0 Å². The van der Waals surface area contributed by atoms with E-state index in [2.05, 4.69) is 10.3 Å². The van der Waals surface area contributed by atoms with Gasteiger partial charge in [0.1, 0.15) is 5.82 Å². The molecule has 1 aromatic heterocycles. The van der Waals surface area contributed by atoms with Gasteiger partial charge in [-0.2, -0.15) is 0 Å². The molecular weight excluding hydrogens is 263 g/mol. The summed E-state index contributed by atoms with van der Waals surface area (Å²) in [4.78, 5) is 4.19. The highest BCUT2D eigenvalue weighted by atomic mass is 35.5. The molecule has 0 saturated carbocycles. The van der Waals surface area contributed by atoms with Gasteiger partial charge in [0.15, 0.2) is 0 Å². The summed E-state index contributed by atoms with van der Waals surface area (Å²) in [6.07, 6.45) is 3.57. The van der Waals surface area contributed by atoms with Gasteiger partial charge in [0.2, 0.25) is 0 Å². The number of nitrogens with zero attached hydrogens (tertiary/aromatic N) is 1. The molecule has 0 aliphatic heterocycles. The molecule has 0 aliphatic carbocycles. The fourth-order valence-corrected chi connectivity index (χ4v) is 2.31. The Morgan fingerprint density at radius 1 is 1.32 bits per heavy atom. The Kier molecular flexibility index (Phi) is 4.51. The van der Waals surface area contributed by atoms with Crippen molar-refractivity contribution in [1.82, 2.24) is 10.3 Å². The average Bonchev–Trinajstić information content (AvgIpc) is 2.39. The van der Waals surface area contributed by atoms with Crippen LogP contribution >= 0.6 is 11.6 Å². The largest absolute Gasteiger partial charge is 0.306 e. The van der Waals surface area contributed by atoms with Crippen molar-refractivity contribution in [2.24, 2.45) is 0 Å². The Balaban J connectivity index is 2.48. The van der Waals surface area contributed by atoms with E-state index in [1.165, 1.54) is 12.1 Å². The summed E-state index contributed by atoms with van der Waals surface area (Å²) in [5.74, 6) is -0.289. The smallest absolute Gasteiger partial charge is 0.123 e. The van der Waals surface area contributed by atoms with Crippen LogP contribution in [0.5, 0.6) is 0 Å². The number of pyridine rings is 1. The molecule has 19 heavy (non-hydrogen) atoms. The summed E-state index contributed by atoms with van der Waals surface area (Å²) in [6.45, 7) is 4.74. The molecule has 4 heteroatoms. The van der Waals surface area contributed by atoms with Crippen molar-refractivity contribution in [3.05, 3.63) is 64.2 Å². The molecule has 1 unspecified atom stereocenters. The SMILES string of the molecule is CCNC(c1cncc(C)c1)c1cc(F)ccc1Cl. The van der Waals surface area contributed by atoms with Crippen LogP contribution in [0.2, 0.25) is 5.02 Å². The number of aryl methyl sites for hydroxylation is 1. The molecule has 1 heterocycles. The van der Waals surface area contributed by atoms with E-state index in [-0.39, 0.29) is 11.9 Å². The molecule has 2 aromatic rings. The molecule has 2 nitrogen and oxygen atoms in total. The number of hydrogen-bond acceptors (Lipinski definition) is 2. The van der Waals surface area contributed by atoms with E-state index in [1.54, 1.807) is 18.5 Å². The molecule has 0 amide bonds. The van der Waals surface area contributed by atoms with Crippen LogP contribution in [-0.4, -0.2) is 11.5 Å². The first-order chi connectivity index (χ1) is 9.11. The van der Waals surface area contributed by atoms with Gasteiger partial charge >= 0.3 is 0 Å². The van der Waals surface area contributed by atoms with Gasteiger partial charge in [-0.3, -0.25) is 4.98 Å². The van der Waals surface area contributed by atoms with E-state index in [9.17, 15) is 4.39 Å². The van der Waals surface area contributed by atoms with Gasteiger partial charge in [-0.1, -0.05) is 24.6 Å². The van der Waals surface area contributed by atoms with Crippen molar-refractivity contribution in [1.29, 1.82) is 0 Å². The van der Waals surface area contributed by atoms with Crippen LogP contribution in [0.4, 0.5) is 4.39 Å². The number of rotatable bonds is 4. The zero-order valence-corrected chi connectivity index (χ0v) is 11.7. The lowest BCUT2D eigenvalue weighted by atomic mass is 9.99. The lowest BCUT2D eigenvalue weighted by molar-refractivity contribution is 0.602. The Labute approximate surface area is 117 Å². The second-order valence-corrected chi connectivity index (χ2v) is 4.86. The van der Waals surface area contributed by atoms with Gasteiger partial charge in [-0.15, -0.1) is 0 Å². The number of nitrogens with one attached hydrogen (secondary N) is 1. The van der Waals surface area contributed by atoms with Crippen molar-refractivity contribution in [2.75, 3.05) is 6.54 Å². The molecule has 0 bridgehead atoms. The van der Waals surface area contributed by atoms with E-state index >= 15 is 0 Å². The van der Waals surface area contributed by atoms with Gasteiger partial charge in [-0.25, -0.2) is 4.39 Å². The predicted molar refractivity (Wildman–Crippen MR) is 75.9 cm³/mol. The minimum Gasteiger partial charge on any atom is -0.306 e. The maximum atomic E-state index is 13.4. The zero-order chi connectivity index (χ0) is 13.8. The van der Waals surface area contributed by atoms with Crippen LogP contribution in [0.3, 0.4) is 0 Å². The average molecular weight is 279 g/mol. The standard InChI is InChI=1S/C15H16ClFN2/c1-3-19-15(11-6-10(2)8-18-9-11)13-7-12(17)4-5-14(13)16/h4-9,15,19H,3H2,1-2H3. The quantitative estimate of drug-likeness (QED) is 0.918. The van der Waals surface area contributed by atoms with E-state index < -0.39 is 0 Å². The van der Waals surface area contributed by atoms with Crippen LogP contribution in [0.25, 0.3) is 0 Å². The predicted octanol–water partition coefficient (Wildman–Crippen LogP) is 3.88. The van der Waals surface area contributed by atoms with Crippen molar-refractivity contribution in [2.45, 2.75) is 19.9 Å². The van der Waals surface area contributed by atoms with Crippen molar-refractivity contribution < 1.29 is 4.39 Å². The fraction of sp³-hybridized carbons (Fsp3) is 0.267. The molecule has 0 spiro atoms. The summed E-state index contributed by atoms with van der Waals surface area (Å²) in [5.41, 5.74) is 2.78. The van der Waals surface area contributed by atoms with Gasteiger partial charge in [-0.05, 0) is 48.4 Å². The van der Waals surface area contributed by atoms with Crippen molar-refractivity contribution in [3.8, 4) is 0 Å². The second-order valence-electron chi connectivity index (χ2n) is 4.45. The maximum absolute atomic E-state index is 13.4. The van der Waals surface area contributed by atoms with Crippen molar-refractivity contribution >= 4 is 11.6 Å². The third-order valence-corrected chi connectivity index (χ3v) is 3.25. The summed E-state index contributed by atoms with van der Waals surface area (Å²) in [6, 6.07) is 6.29. The number of benzene rings is 1. The Morgan fingerprint density at radius 3 is 2.79 bits per heavy atom. The second kappa shape index (κ2) is 6.13. The number of hydrogen-bond donors (Lipinski definition) is 1. The Morgan fingerprint density at radius 2 is 2.11 bits per heavy atom. The molecule has 0 fully saturated rings. The number of aromatic nitrogens is 1. The van der Waals surface area contributed by atoms with Gasteiger partial charge < -0.3 is 5.32 Å². The normalized spacial score (nSPS) is 12.4. The summed E-state index contributed by atoms with van der Waals surface area (Å²) in [5, 5.41) is 3.87. The highest BCUT2D eigenvalue weighted by molar-refractivity contribution is 6.31. The molecule has 1 aromatic carbocycles. The molecule has 0 aliphatic rings. The number of halogens is 2. The van der Waals surface area contributed by atoms with E-state index in [4.69, 9.17) is 11.6 Å². The Bertz CT molecular complexity index is 572. The van der Waals surface area contributed by atoms with Gasteiger partial charge in [0.25, 0.3) is 0 Å². The molecular formula is C15H16ClFN2. The maximum Gasteiger partial charge on any atom is 0.123 e. The molecule has 100 valence electrons. The van der Waals surface area contributed by atoms with E-state index in [0.717, 1.165) is 23.2 Å². The minimum absolute atomic E-state index is 0.152. The highest BCUT2D eigenvalue weighted by Gasteiger charge is 2.17. The first-order valence-electron chi connectivity index (χ1n) is 6.21. The fourth-order valence-electron chi connectivity index (χ4n) is 2.08. The lowest BCUT2D eigenvalue weighted by Gasteiger charge is -2.20. The first-order valence-corrected chi connectivity index (χ1v) is 6.59. The van der Waals surface area contributed by atoms with Crippen LogP contribution in [0.15, 0.2) is 36.7 Å². The third kappa shape index (κ3) is 3.31. The molecule has 1 N–H and O–H groups in total.